The molecule has 1 fully saturated rings. The van der Waals surface area contributed by atoms with E-state index in [1.807, 2.05) is 0 Å². The fraction of sp³-hybridized carbons (Fsp3) is 0.714. The summed E-state index contributed by atoms with van der Waals surface area (Å²) in [6.45, 7) is 1.80. The number of isothiocyanates is 1. The second kappa shape index (κ2) is 4.18. The molecule has 0 radical (unpaired) electrons. The molecule has 1 rings (SSSR count). The highest BCUT2D eigenvalue weighted by atomic mass is 32.1. The van der Waals surface area contributed by atoms with Crippen LogP contribution in [-0.4, -0.2) is 40.9 Å². The number of aliphatic imine (C=N–C) groups is 1. The Labute approximate surface area is 75.9 Å². The third-order valence-corrected chi connectivity index (χ3v) is 2.10. The number of hydrogen-bond acceptors (Lipinski definition) is 3. The van der Waals surface area contributed by atoms with Gasteiger partial charge in [0.05, 0.1) is 11.7 Å². The lowest BCUT2D eigenvalue weighted by Crippen LogP contribution is -2.26. The summed E-state index contributed by atoms with van der Waals surface area (Å²) in [6.07, 6.45) is 0.0381. The van der Waals surface area contributed by atoms with Gasteiger partial charge in [0.15, 0.2) is 0 Å². The highest BCUT2D eigenvalue weighted by Crippen LogP contribution is 2.15. The van der Waals surface area contributed by atoms with E-state index in [-0.39, 0.29) is 0 Å². The van der Waals surface area contributed by atoms with Crippen molar-refractivity contribution in [3.05, 3.63) is 0 Å². The molecule has 1 amide bonds. The summed E-state index contributed by atoms with van der Waals surface area (Å²) in [6, 6.07) is 0. The molecule has 5 heteroatoms. The minimum Gasteiger partial charge on any atom is -0.465 e. The van der Waals surface area contributed by atoms with Crippen molar-refractivity contribution in [3.8, 4) is 0 Å². The maximum atomic E-state index is 10.5. The lowest BCUT2D eigenvalue weighted by molar-refractivity contribution is 0.154. The standard InChI is InChI=1S/C7H10N2O2S/c10-7(11)9-2-1-6(4-9)3-8-5-12/h6H,1-4H2,(H,10,11). The highest BCUT2D eigenvalue weighted by Gasteiger charge is 2.25. The first-order valence-electron chi connectivity index (χ1n) is 3.75. The summed E-state index contributed by atoms with van der Waals surface area (Å²) >= 11 is 4.42. The number of thiocarbonyl (C=S) groups is 1. The molecule has 0 aliphatic carbocycles. The maximum absolute atomic E-state index is 10.5. The first-order chi connectivity index (χ1) is 5.74. The first-order valence-corrected chi connectivity index (χ1v) is 4.16. The Kier molecular flexibility index (Phi) is 3.19. The Morgan fingerprint density at radius 2 is 2.58 bits per heavy atom. The average molecular weight is 186 g/mol. The van der Waals surface area contributed by atoms with Crippen molar-refractivity contribution in [1.29, 1.82) is 0 Å². The predicted octanol–water partition coefficient (Wildman–Crippen LogP) is 1.09. The van der Waals surface area contributed by atoms with Crippen molar-refractivity contribution < 1.29 is 9.90 Å². The molecule has 1 saturated heterocycles. The number of amides is 1. The van der Waals surface area contributed by atoms with E-state index in [2.05, 4.69) is 22.4 Å². The lowest BCUT2D eigenvalue weighted by atomic mass is 10.1. The summed E-state index contributed by atoms with van der Waals surface area (Å²) < 4.78 is 0. The van der Waals surface area contributed by atoms with Crippen molar-refractivity contribution in [2.75, 3.05) is 19.6 Å². The molecule has 0 spiro atoms. The summed E-state index contributed by atoms with van der Waals surface area (Å²) in [4.78, 5) is 15.7. The van der Waals surface area contributed by atoms with Gasteiger partial charge in [-0.3, -0.25) is 0 Å². The van der Waals surface area contributed by atoms with Crippen LogP contribution in [0.3, 0.4) is 0 Å². The summed E-state index contributed by atoms with van der Waals surface area (Å²) in [5, 5.41) is 10.9. The van der Waals surface area contributed by atoms with Crippen LogP contribution in [0.25, 0.3) is 0 Å². The second-order valence-corrected chi connectivity index (χ2v) is 3.00. The van der Waals surface area contributed by atoms with Gasteiger partial charge in [0.2, 0.25) is 0 Å². The Morgan fingerprint density at radius 3 is 3.08 bits per heavy atom. The fourth-order valence-electron chi connectivity index (χ4n) is 1.32. The summed E-state index contributed by atoms with van der Waals surface area (Å²) in [7, 11) is 0. The molecule has 66 valence electrons. The van der Waals surface area contributed by atoms with Gasteiger partial charge >= 0.3 is 6.09 Å². The van der Waals surface area contributed by atoms with E-state index >= 15 is 0 Å². The molecule has 1 heterocycles. The smallest absolute Gasteiger partial charge is 0.407 e. The molecule has 1 unspecified atom stereocenters. The predicted molar refractivity (Wildman–Crippen MR) is 47.6 cm³/mol. The second-order valence-electron chi connectivity index (χ2n) is 2.82. The van der Waals surface area contributed by atoms with Crippen LogP contribution >= 0.6 is 12.2 Å². The van der Waals surface area contributed by atoms with Crippen LogP contribution in [-0.2, 0) is 0 Å². The molecule has 4 nitrogen and oxygen atoms in total. The van der Waals surface area contributed by atoms with Gasteiger partial charge in [-0.15, -0.1) is 0 Å². The molecule has 0 aromatic rings. The third-order valence-electron chi connectivity index (χ3n) is 1.97. The van der Waals surface area contributed by atoms with Crippen LogP contribution < -0.4 is 0 Å². The largest absolute Gasteiger partial charge is 0.465 e. The average Bonchev–Trinajstić information content (AvgIpc) is 2.48. The van der Waals surface area contributed by atoms with Gasteiger partial charge in [-0.1, -0.05) is 0 Å². The number of hydrogen-bond donors (Lipinski definition) is 1. The van der Waals surface area contributed by atoms with Gasteiger partial charge in [-0.25, -0.2) is 9.79 Å². The van der Waals surface area contributed by atoms with E-state index in [0.29, 0.717) is 25.6 Å². The minimum atomic E-state index is -0.844. The van der Waals surface area contributed by atoms with E-state index in [0.717, 1.165) is 6.42 Å². The zero-order valence-corrected chi connectivity index (χ0v) is 7.38. The van der Waals surface area contributed by atoms with Crippen molar-refractivity contribution in [3.63, 3.8) is 0 Å². The number of likely N-dealkylation sites (tertiary alicyclic amines) is 1. The van der Waals surface area contributed by atoms with E-state index < -0.39 is 6.09 Å². The summed E-state index contributed by atoms with van der Waals surface area (Å²) in [5.41, 5.74) is 0. The topological polar surface area (TPSA) is 52.9 Å². The molecule has 0 aromatic heterocycles. The number of carbonyl (C=O) groups is 1. The van der Waals surface area contributed by atoms with Crippen molar-refractivity contribution in [1.82, 2.24) is 4.90 Å². The highest BCUT2D eigenvalue weighted by molar-refractivity contribution is 7.78. The van der Waals surface area contributed by atoms with Gasteiger partial charge in [0.25, 0.3) is 0 Å². The normalized spacial score (nSPS) is 22.0. The summed E-state index contributed by atoms with van der Waals surface area (Å²) in [5.74, 6) is 0.330. The minimum absolute atomic E-state index is 0.330. The lowest BCUT2D eigenvalue weighted by Gasteiger charge is -2.09. The Hall–Kier alpha value is -0.930. The van der Waals surface area contributed by atoms with E-state index in [1.54, 1.807) is 0 Å². The van der Waals surface area contributed by atoms with Gasteiger partial charge in [-0.05, 0) is 24.6 Å². The molecule has 1 aliphatic heterocycles. The number of nitrogens with zero attached hydrogens (tertiary/aromatic N) is 2. The molecule has 1 atom stereocenters. The maximum Gasteiger partial charge on any atom is 0.407 e. The van der Waals surface area contributed by atoms with Crippen LogP contribution in [0.2, 0.25) is 0 Å². The van der Waals surface area contributed by atoms with Crippen LogP contribution in [0.5, 0.6) is 0 Å². The van der Waals surface area contributed by atoms with E-state index in [1.165, 1.54) is 4.90 Å². The zero-order valence-electron chi connectivity index (χ0n) is 6.56. The Bertz CT molecular complexity index is 225. The van der Waals surface area contributed by atoms with Gasteiger partial charge in [-0.2, -0.15) is 0 Å². The quantitative estimate of drug-likeness (QED) is 0.518. The van der Waals surface area contributed by atoms with Crippen molar-refractivity contribution in [2.24, 2.45) is 10.9 Å². The monoisotopic (exact) mass is 186 g/mol. The fourth-order valence-corrected chi connectivity index (χ4v) is 1.40. The Morgan fingerprint density at radius 1 is 1.83 bits per heavy atom. The van der Waals surface area contributed by atoms with Gasteiger partial charge in [0, 0.05) is 13.1 Å². The molecular weight excluding hydrogens is 176 g/mol. The van der Waals surface area contributed by atoms with Gasteiger partial charge < -0.3 is 10.0 Å². The third kappa shape index (κ3) is 2.29. The van der Waals surface area contributed by atoms with Crippen molar-refractivity contribution >= 4 is 23.5 Å². The van der Waals surface area contributed by atoms with Crippen LogP contribution in [0, 0.1) is 5.92 Å². The molecule has 12 heavy (non-hydrogen) atoms. The number of carboxylic acid groups (broad SMARTS) is 1. The SMILES string of the molecule is O=C(O)N1CCC(CN=C=S)C1. The van der Waals surface area contributed by atoms with Crippen LogP contribution in [0.4, 0.5) is 4.79 Å². The molecule has 0 bridgehead atoms. The molecule has 1 aliphatic rings. The van der Waals surface area contributed by atoms with Gasteiger partial charge in [0.1, 0.15) is 0 Å². The molecule has 1 N–H and O–H groups in total. The molecule has 0 saturated carbocycles. The van der Waals surface area contributed by atoms with E-state index in [4.69, 9.17) is 5.11 Å². The molecular formula is C7H10N2O2S. The van der Waals surface area contributed by atoms with Crippen LogP contribution in [0.1, 0.15) is 6.42 Å². The van der Waals surface area contributed by atoms with E-state index in [9.17, 15) is 4.79 Å². The van der Waals surface area contributed by atoms with Crippen molar-refractivity contribution in [2.45, 2.75) is 6.42 Å². The first kappa shape index (κ1) is 9.16. The Balaban J connectivity index is 2.35. The number of rotatable bonds is 2. The zero-order chi connectivity index (χ0) is 8.97. The van der Waals surface area contributed by atoms with Crippen LogP contribution in [0.15, 0.2) is 4.99 Å². The molecule has 0 aromatic carbocycles.